The van der Waals surface area contributed by atoms with Gasteiger partial charge in [-0.05, 0) is 12.8 Å². The summed E-state index contributed by atoms with van der Waals surface area (Å²) in [4.78, 5) is 4.71. The van der Waals surface area contributed by atoms with Gasteiger partial charge in [0, 0.05) is 24.3 Å². The topological polar surface area (TPSA) is 32.6 Å². The van der Waals surface area contributed by atoms with Crippen LogP contribution in [0.2, 0.25) is 0 Å². The number of aliphatic hydroxyl groups is 1. The largest absolute Gasteiger partial charge is 0.396 e. The Hall–Kier alpha value is -1.93. The molecule has 0 saturated heterocycles. The van der Waals surface area contributed by atoms with Crippen molar-refractivity contribution >= 4 is 5.71 Å². The lowest BCUT2D eigenvalue weighted by molar-refractivity contribution is 0.285. The number of hydrogen-bond acceptors (Lipinski definition) is 2. The minimum absolute atomic E-state index is 0.238. The first-order valence-electron chi connectivity index (χ1n) is 6.68. The van der Waals surface area contributed by atoms with E-state index in [4.69, 9.17) is 10.1 Å². The molecule has 0 saturated carbocycles. The molecule has 0 aliphatic heterocycles. The van der Waals surface area contributed by atoms with E-state index < -0.39 is 0 Å². The molecule has 0 aromatic heterocycles. The molecule has 2 aromatic rings. The van der Waals surface area contributed by atoms with E-state index in [1.165, 1.54) is 0 Å². The molecule has 1 N–H and O–H groups in total. The van der Waals surface area contributed by atoms with Crippen LogP contribution in [0.25, 0.3) is 0 Å². The Balaban J connectivity index is 2.24. The summed E-state index contributed by atoms with van der Waals surface area (Å²) in [5, 5.41) is 8.82. The third-order valence-corrected chi connectivity index (χ3v) is 2.93. The minimum atomic E-state index is 0.238. The van der Waals surface area contributed by atoms with Crippen molar-refractivity contribution in [3.63, 3.8) is 0 Å². The zero-order chi connectivity index (χ0) is 13.3. The SMILES string of the molecule is OCCCCN=C(c1ccccc1)c1ccccc1. The Morgan fingerprint density at radius 1 is 0.789 bits per heavy atom. The maximum Gasteiger partial charge on any atom is 0.0718 e. The normalized spacial score (nSPS) is 10.2. The molecule has 0 fully saturated rings. The van der Waals surface area contributed by atoms with Crippen LogP contribution in [0.4, 0.5) is 0 Å². The maximum atomic E-state index is 8.82. The van der Waals surface area contributed by atoms with E-state index >= 15 is 0 Å². The summed E-state index contributed by atoms with van der Waals surface area (Å²) >= 11 is 0. The van der Waals surface area contributed by atoms with Gasteiger partial charge in [0.15, 0.2) is 0 Å². The number of unbranched alkanes of at least 4 members (excludes halogenated alkanes) is 1. The van der Waals surface area contributed by atoms with Gasteiger partial charge in [-0.15, -0.1) is 0 Å². The fourth-order valence-corrected chi connectivity index (χ4v) is 1.96. The highest BCUT2D eigenvalue weighted by atomic mass is 16.2. The first-order valence-corrected chi connectivity index (χ1v) is 6.68. The Morgan fingerprint density at radius 2 is 1.32 bits per heavy atom. The molecule has 2 nitrogen and oxygen atoms in total. The zero-order valence-corrected chi connectivity index (χ0v) is 11.0. The van der Waals surface area contributed by atoms with Crippen molar-refractivity contribution in [2.24, 2.45) is 4.99 Å². The molecular formula is C17H19NO. The highest BCUT2D eigenvalue weighted by molar-refractivity contribution is 6.12. The third-order valence-electron chi connectivity index (χ3n) is 2.93. The summed E-state index contributed by atoms with van der Waals surface area (Å²) in [6.07, 6.45) is 1.72. The summed E-state index contributed by atoms with van der Waals surface area (Å²) in [5.74, 6) is 0. The van der Waals surface area contributed by atoms with E-state index in [1.807, 2.05) is 36.4 Å². The summed E-state index contributed by atoms with van der Waals surface area (Å²) in [7, 11) is 0. The molecule has 0 spiro atoms. The number of benzene rings is 2. The summed E-state index contributed by atoms with van der Waals surface area (Å²) < 4.78 is 0. The molecule has 0 radical (unpaired) electrons. The van der Waals surface area contributed by atoms with Crippen LogP contribution in [-0.4, -0.2) is 24.0 Å². The number of hydrogen-bond donors (Lipinski definition) is 1. The number of nitrogens with zero attached hydrogens (tertiary/aromatic N) is 1. The van der Waals surface area contributed by atoms with E-state index in [-0.39, 0.29) is 6.61 Å². The van der Waals surface area contributed by atoms with Crippen molar-refractivity contribution in [2.45, 2.75) is 12.8 Å². The van der Waals surface area contributed by atoms with Gasteiger partial charge in [-0.1, -0.05) is 60.7 Å². The van der Waals surface area contributed by atoms with Crippen molar-refractivity contribution in [1.29, 1.82) is 0 Å². The zero-order valence-electron chi connectivity index (χ0n) is 11.0. The van der Waals surface area contributed by atoms with Crippen LogP contribution in [-0.2, 0) is 0 Å². The number of aliphatic hydroxyl groups excluding tert-OH is 1. The third kappa shape index (κ3) is 4.04. The van der Waals surface area contributed by atoms with E-state index in [2.05, 4.69) is 24.3 Å². The average Bonchev–Trinajstić information content (AvgIpc) is 2.49. The highest BCUT2D eigenvalue weighted by Crippen LogP contribution is 2.11. The molecule has 2 rings (SSSR count). The molecule has 0 aliphatic rings. The van der Waals surface area contributed by atoms with Crippen molar-refractivity contribution < 1.29 is 5.11 Å². The first kappa shape index (κ1) is 13.5. The molecule has 0 heterocycles. The second-order valence-electron chi connectivity index (χ2n) is 4.39. The molecule has 2 aromatic carbocycles. The van der Waals surface area contributed by atoms with Crippen LogP contribution in [0.1, 0.15) is 24.0 Å². The van der Waals surface area contributed by atoms with Crippen LogP contribution >= 0.6 is 0 Å². The Labute approximate surface area is 114 Å². The van der Waals surface area contributed by atoms with Gasteiger partial charge in [0.1, 0.15) is 0 Å². The van der Waals surface area contributed by atoms with Crippen molar-refractivity contribution in [2.75, 3.05) is 13.2 Å². The molecule has 2 heteroatoms. The molecular weight excluding hydrogens is 234 g/mol. The summed E-state index contributed by atoms with van der Waals surface area (Å²) in [6, 6.07) is 20.5. The van der Waals surface area contributed by atoms with E-state index in [0.29, 0.717) is 0 Å². The molecule has 98 valence electrons. The molecule has 0 bridgehead atoms. The fourth-order valence-electron chi connectivity index (χ4n) is 1.96. The number of aliphatic imine (C=N–C) groups is 1. The standard InChI is InChI=1S/C17H19NO/c19-14-8-7-13-18-17(15-9-3-1-4-10-15)16-11-5-2-6-12-16/h1-6,9-12,19H,7-8,13-14H2. The Morgan fingerprint density at radius 3 is 1.79 bits per heavy atom. The second kappa shape index (κ2) is 7.49. The predicted molar refractivity (Wildman–Crippen MR) is 79.7 cm³/mol. The van der Waals surface area contributed by atoms with E-state index in [0.717, 1.165) is 36.2 Å². The lowest BCUT2D eigenvalue weighted by Crippen LogP contribution is -2.04. The van der Waals surface area contributed by atoms with Crippen LogP contribution in [0, 0.1) is 0 Å². The van der Waals surface area contributed by atoms with Crippen LogP contribution in [0.5, 0.6) is 0 Å². The summed E-state index contributed by atoms with van der Waals surface area (Å²) in [6.45, 7) is 0.987. The monoisotopic (exact) mass is 253 g/mol. The summed E-state index contributed by atoms with van der Waals surface area (Å²) in [5.41, 5.74) is 3.30. The number of rotatable bonds is 6. The van der Waals surface area contributed by atoms with Crippen LogP contribution in [0.15, 0.2) is 65.7 Å². The van der Waals surface area contributed by atoms with Gasteiger partial charge in [0.2, 0.25) is 0 Å². The van der Waals surface area contributed by atoms with Gasteiger partial charge < -0.3 is 5.11 Å². The van der Waals surface area contributed by atoms with E-state index in [1.54, 1.807) is 0 Å². The van der Waals surface area contributed by atoms with Gasteiger partial charge in [0.25, 0.3) is 0 Å². The first-order chi connectivity index (χ1) is 9.42. The molecule has 0 unspecified atom stereocenters. The van der Waals surface area contributed by atoms with Crippen LogP contribution in [0.3, 0.4) is 0 Å². The van der Waals surface area contributed by atoms with Crippen molar-refractivity contribution in [3.8, 4) is 0 Å². The highest BCUT2D eigenvalue weighted by Gasteiger charge is 2.05. The average molecular weight is 253 g/mol. The fraction of sp³-hybridized carbons (Fsp3) is 0.235. The van der Waals surface area contributed by atoms with Crippen LogP contribution < -0.4 is 0 Å². The van der Waals surface area contributed by atoms with Gasteiger partial charge in [-0.3, -0.25) is 4.99 Å². The minimum Gasteiger partial charge on any atom is -0.396 e. The van der Waals surface area contributed by atoms with Gasteiger partial charge in [-0.2, -0.15) is 0 Å². The van der Waals surface area contributed by atoms with E-state index in [9.17, 15) is 0 Å². The quantitative estimate of drug-likeness (QED) is 0.622. The van der Waals surface area contributed by atoms with Crippen molar-refractivity contribution in [3.05, 3.63) is 71.8 Å². The molecule has 19 heavy (non-hydrogen) atoms. The Bertz CT molecular complexity index is 464. The Kier molecular flexibility index (Phi) is 5.32. The van der Waals surface area contributed by atoms with Crippen molar-refractivity contribution in [1.82, 2.24) is 0 Å². The lowest BCUT2D eigenvalue weighted by atomic mass is 10.0. The van der Waals surface area contributed by atoms with Gasteiger partial charge in [0.05, 0.1) is 5.71 Å². The smallest absolute Gasteiger partial charge is 0.0718 e. The molecule has 0 amide bonds. The van der Waals surface area contributed by atoms with Gasteiger partial charge in [-0.25, -0.2) is 0 Å². The second-order valence-corrected chi connectivity index (χ2v) is 4.39. The van der Waals surface area contributed by atoms with Gasteiger partial charge >= 0.3 is 0 Å². The molecule has 0 atom stereocenters. The predicted octanol–water partition coefficient (Wildman–Crippen LogP) is 3.30. The maximum absolute atomic E-state index is 8.82. The molecule has 0 aliphatic carbocycles. The lowest BCUT2D eigenvalue weighted by Gasteiger charge is -2.07.